The van der Waals surface area contributed by atoms with E-state index in [1.807, 2.05) is 13.8 Å². The second kappa shape index (κ2) is 16.6. The van der Waals surface area contributed by atoms with Crippen LogP contribution in [0.25, 0.3) is 0 Å². The molecular formula is C22H42. The van der Waals surface area contributed by atoms with Crippen molar-refractivity contribution in [2.75, 3.05) is 0 Å². The van der Waals surface area contributed by atoms with Crippen LogP contribution in [-0.2, 0) is 19.3 Å². The highest BCUT2D eigenvalue weighted by molar-refractivity contribution is 5.34. The van der Waals surface area contributed by atoms with Crippen LogP contribution in [0.1, 0.15) is 97.8 Å². The minimum absolute atomic E-state index is 0.889. The topological polar surface area (TPSA) is 0 Å². The quantitative estimate of drug-likeness (QED) is 0.527. The Labute approximate surface area is 141 Å². The van der Waals surface area contributed by atoms with Crippen LogP contribution in [-0.4, -0.2) is 0 Å². The van der Waals surface area contributed by atoms with Crippen molar-refractivity contribution in [1.29, 1.82) is 0 Å². The van der Waals surface area contributed by atoms with Crippen molar-refractivity contribution in [2.24, 2.45) is 5.92 Å². The maximum Gasteiger partial charge on any atom is -0.0250 e. The summed E-state index contributed by atoms with van der Waals surface area (Å²) in [7, 11) is 0. The van der Waals surface area contributed by atoms with Crippen molar-refractivity contribution in [2.45, 2.75) is 100 Å². The molecule has 0 bridgehead atoms. The van der Waals surface area contributed by atoms with Gasteiger partial charge in [-0.1, -0.05) is 92.9 Å². The first-order chi connectivity index (χ1) is 10.6. The fourth-order valence-corrected chi connectivity index (χ4v) is 2.21. The van der Waals surface area contributed by atoms with Gasteiger partial charge in [-0.05, 0) is 48.3 Å². The molecule has 0 nitrogen and oxygen atoms in total. The minimum atomic E-state index is 0.889. The zero-order valence-electron chi connectivity index (χ0n) is 16.8. The second-order valence-electron chi connectivity index (χ2n) is 6.01. The monoisotopic (exact) mass is 306 g/mol. The average molecular weight is 307 g/mol. The zero-order chi connectivity index (χ0) is 17.4. The Morgan fingerprint density at radius 2 is 1.45 bits per heavy atom. The lowest BCUT2D eigenvalue weighted by molar-refractivity contribution is 0.501. The molecule has 1 aromatic rings. The molecule has 22 heavy (non-hydrogen) atoms. The van der Waals surface area contributed by atoms with Crippen LogP contribution in [0.2, 0.25) is 0 Å². The Balaban J connectivity index is 0. The number of aryl methyl sites for hydroxylation is 2. The largest absolute Gasteiger partial charge is 0.0683 e. The Hall–Kier alpha value is -0.780. The molecule has 0 amide bonds. The van der Waals surface area contributed by atoms with Gasteiger partial charge < -0.3 is 0 Å². The van der Waals surface area contributed by atoms with Crippen LogP contribution in [0.5, 0.6) is 0 Å². The molecule has 0 saturated carbocycles. The summed E-state index contributed by atoms with van der Waals surface area (Å²) in [6.45, 7) is 17.2. The van der Waals surface area contributed by atoms with Gasteiger partial charge in [0.25, 0.3) is 0 Å². The molecule has 130 valence electrons. The number of unbranched alkanes of at least 4 members (excludes halogenated alkanes) is 1. The fraction of sp³-hybridized carbons (Fsp3) is 0.727. The molecule has 0 aromatic heterocycles. The predicted octanol–water partition coefficient (Wildman–Crippen LogP) is 7.62. The molecule has 0 spiro atoms. The van der Waals surface area contributed by atoms with Crippen molar-refractivity contribution in [3.05, 3.63) is 34.9 Å². The van der Waals surface area contributed by atoms with Crippen molar-refractivity contribution in [1.82, 2.24) is 0 Å². The summed E-state index contributed by atoms with van der Waals surface area (Å²) < 4.78 is 0. The third-order valence-electron chi connectivity index (χ3n) is 3.65. The van der Waals surface area contributed by atoms with Gasteiger partial charge >= 0.3 is 0 Å². The number of hydrogen-bond acceptors (Lipinski definition) is 0. The molecule has 1 aromatic carbocycles. The smallest absolute Gasteiger partial charge is 0.0250 e. The Morgan fingerprint density at radius 1 is 0.909 bits per heavy atom. The summed E-state index contributed by atoms with van der Waals surface area (Å²) >= 11 is 0. The molecule has 0 saturated heterocycles. The molecule has 2 rings (SSSR count). The highest BCUT2D eigenvalue weighted by Gasteiger charge is 2.14. The van der Waals surface area contributed by atoms with E-state index in [1.165, 1.54) is 50.5 Å². The summed E-state index contributed by atoms with van der Waals surface area (Å²) in [5.41, 5.74) is 4.70. The first kappa shape index (κ1) is 23.5. The lowest BCUT2D eigenvalue weighted by Gasteiger charge is -2.21. The van der Waals surface area contributed by atoms with Gasteiger partial charge in [-0.25, -0.2) is 0 Å². The van der Waals surface area contributed by atoms with E-state index < -0.39 is 0 Å². The van der Waals surface area contributed by atoms with Crippen LogP contribution in [0, 0.1) is 5.92 Å². The molecule has 0 N–H and O–H groups in total. The summed E-state index contributed by atoms with van der Waals surface area (Å²) in [5, 5.41) is 0. The van der Waals surface area contributed by atoms with Gasteiger partial charge in [0, 0.05) is 0 Å². The van der Waals surface area contributed by atoms with Crippen molar-refractivity contribution >= 4 is 0 Å². The van der Waals surface area contributed by atoms with Gasteiger partial charge in [-0.3, -0.25) is 0 Å². The highest BCUT2D eigenvalue weighted by atomic mass is 14.2. The summed E-state index contributed by atoms with van der Waals surface area (Å²) in [6, 6.07) is 7.03. The predicted molar refractivity (Wildman–Crippen MR) is 105 cm³/mol. The lowest BCUT2D eigenvalue weighted by Crippen LogP contribution is -2.11. The molecule has 0 fully saturated rings. The standard InChI is InChI=1S/C13H18.C4H10.C3H8.C2H6/c1-3-11-5-7-12-8-10(2)4-6-13(12)9-11;1-3-4-2;1-3-2;1-2/h5,7,9-10H,3-4,6,8H2,1-2H3;3-4H2,1-2H3;3H2,1-2H3;1-2H3. The van der Waals surface area contributed by atoms with E-state index in [9.17, 15) is 0 Å². The molecule has 1 atom stereocenters. The highest BCUT2D eigenvalue weighted by Crippen LogP contribution is 2.25. The Kier molecular flexibility index (Phi) is 17.7. The molecule has 0 heterocycles. The Morgan fingerprint density at radius 3 is 1.91 bits per heavy atom. The van der Waals surface area contributed by atoms with Crippen LogP contribution >= 0.6 is 0 Å². The maximum absolute atomic E-state index is 2.40. The summed E-state index contributed by atoms with van der Waals surface area (Å²) in [4.78, 5) is 0. The van der Waals surface area contributed by atoms with Crippen molar-refractivity contribution in [3.63, 3.8) is 0 Å². The van der Waals surface area contributed by atoms with Crippen molar-refractivity contribution < 1.29 is 0 Å². The Bertz CT molecular complexity index is 336. The molecule has 1 unspecified atom stereocenters. The molecule has 0 aliphatic heterocycles. The zero-order valence-corrected chi connectivity index (χ0v) is 16.8. The third kappa shape index (κ3) is 10.9. The number of hydrogen-bond donors (Lipinski definition) is 0. The second-order valence-corrected chi connectivity index (χ2v) is 6.01. The van der Waals surface area contributed by atoms with E-state index in [0.29, 0.717) is 0 Å². The minimum Gasteiger partial charge on any atom is -0.0683 e. The van der Waals surface area contributed by atoms with Gasteiger partial charge in [0.05, 0.1) is 0 Å². The number of rotatable bonds is 2. The van der Waals surface area contributed by atoms with Gasteiger partial charge in [-0.15, -0.1) is 0 Å². The number of fused-ring (bicyclic) bond motifs is 1. The normalized spacial score (nSPS) is 15.0. The lowest BCUT2D eigenvalue weighted by atomic mass is 9.84. The number of benzene rings is 1. The van der Waals surface area contributed by atoms with E-state index in [1.54, 1.807) is 11.1 Å². The average Bonchev–Trinajstić information content (AvgIpc) is 2.57. The van der Waals surface area contributed by atoms with Crippen LogP contribution in [0.15, 0.2) is 18.2 Å². The van der Waals surface area contributed by atoms with Crippen LogP contribution in [0.4, 0.5) is 0 Å². The third-order valence-corrected chi connectivity index (χ3v) is 3.65. The van der Waals surface area contributed by atoms with Gasteiger partial charge in [0.1, 0.15) is 0 Å². The van der Waals surface area contributed by atoms with Crippen molar-refractivity contribution in [3.8, 4) is 0 Å². The van der Waals surface area contributed by atoms with E-state index in [0.717, 1.165) is 5.92 Å². The van der Waals surface area contributed by atoms with Gasteiger partial charge in [-0.2, -0.15) is 0 Å². The first-order valence-electron chi connectivity index (χ1n) is 9.73. The SMILES string of the molecule is CC.CCC.CCCC.CCc1ccc2c(c1)CCC(C)C2. The maximum atomic E-state index is 2.40. The van der Waals surface area contributed by atoms with E-state index in [4.69, 9.17) is 0 Å². The summed E-state index contributed by atoms with van der Waals surface area (Å²) in [5.74, 6) is 0.889. The van der Waals surface area contributed by atoms with Crippen LogP contribution < -0.4 is 0 Å². The molecule has 1 aliphatic rings. The molecule has 1 aliphatic carbocycles. The first-order valence-corrected chi connectivity index (χ1v) is 9.73. The van der Waals surface area contributed by atoms with Gasteiger partial charge in [0.15, 0.2) is 0 Å². The summed E-state index contributed by atoms with van der Waals surface area (Å²) in [6.07, 6.45) is 9.02. The van der Waals surface area contributed by atoms with E-state index >= 15 is 0 Å². The fourth-order valence-electron chi connectivity index (χ4n) is 2.21. The van der Waals surface area contributed by atoms with E-state index in [-0.39, 0.29) is 0 Å². The molecule has 0 radical (unpaired) electrons. The van der Waals surface area contributed by atoms with Gasteiger partial charge in [0.2, 0.25) is 0 Å². The van der Waals surface area contributed by atoms with E-state index in [2.05, 4.69) is 59.7 Å². The molecular weight excluding hydrogens is 264 g/mol. The van der Waals surface area contributed by atoms with Crippen LogP contribution in [0.3, 0.4) is 0 Å². The molecule has 0 heteroatoms.